The van der Waals surface area contributed by atoms with Gasteiger partial charge < -0.3 is 19.5 Å². The summed E-state index contributed by atoms with van der Waals surface area (Å²) < 4.78 is 17.8. The molecule has 36 heavy (non-hydrogen) atoms. The Morgan fingerprint density at radius 1 is 1.14 bits per heavy atom. The van der Waals surface area contributed by atoms with Crippen molar-refractivity contribution in [1.82, 2.24) is 24.4 Å². The van der Waals surface area contributed by atoms with Crippen LogP contribution in [0.5, 0.6) is 11.8 Å². The average molecular weight is 493 g/mol. The van der Waals surface area contributed by atoms with E-state index in [-0.39, 0.29) is 36.2 Å². The van der Waals surface area contributed by atoms with Crippen LogP contribution >= 0.6 is 0 Å². The molecule has 0 radical (unpaired) electrons. The summed E-state index contributed by atoms with van der Waals surface area (Å²) in [7, 11) is 1.48. The normalized spacial score (nSPS) is 21.4. The van der Waals surface area contributed by atoms with Crippen molar-refractivity contribution >= 4 is 34.7 Å². The minimum absolute atomic E-state index is 0.0638. The minimum atomic E-state index is -0.476. The second-order valence-electron chi connectivity index (χ2n) is 8.76. The first kappa shape index (κ1) is 22.2. The molecular formula is C23H23N7O6. The molecule has 0 aromatic carbocycles. The van der Waals surface area contributed by atoms with Gasteiger partial charge in [0.2, 0.25) is 0 Å². The van der Waals surface area contributed by atoms with Gasteiger partial charge in [0.15, 0.2) is 18.2 Å². The van der Waals surface area contributed by atoms with Gasteiger partial charge in [-0.1, -0.05) is 0 Å². The van der Waals surface area contributed by atoms with Crippen molar-refractivity contribution < 1.29 is 23.8 Å². The minimum Gasteiger partial charge on any atom is -0.480 e. The van der Waals surface area contributed by atoms with Gasteiger partial charge in [-0.2, -0.15) is 4.98 Å². The third-order valence-corrected chi connectivity index (χ3v) is 6.62. The number of ether oxygens (including phenoxy) is 3. The van der Waals surface area contributed by atoms with Gasteiger partial charge in [-0.15, -0.1) is 0 Å². The van der Waals surface area contributed by atoms with Crippen LogP contribution in [0.4, 0.5) is 16.4 Å². The quantitative estimate of drug-likeness (QED) is 0.538. The summed E-state index contributed by atoms with van der Waals surface area (Å²) in [5, 5.41) is 3.41. The predicted molar refractivity (Wildman–Crippen MR) is 126 cm³/mol. The molecule has 3 aromatic rings. The number of hydrogen-bond acceptors (Lipinski definition) is 10. The first-order chi connectivity index (χ1) is 17.5. The number of likely N-dealkylation sites (tertiary alicyclic amines) is 1. The van der Waals surface area contributed by atoms with E-state index in [0.29, 0.717) is 55.6 Å². The highest BCUT2D eigenvalue weighted by Crippen LogP contribution is 2.34. The van der Waals surface area contributed by atoms with Crippen LogP contribution < -0.4 is 25.2 Å². The van der Waals surface area contributed by atoms with E-state index in [2.05, 4.69) is 25.2 Å². The molecule has 0 aliphatic carbocycles. The number of aromatic nitrogens is 4. The number of amides is 2. The Balaban J connectivity index is 1.16. The van der Waals surface area contributed by atoms with Crippen molar-refractivity contribution in [2.75, 3.05) is 43.6 Å². The van der Waals surface area contributed by atoms with Crippen LogP contribution in [0.3, 0.4) is 0 Å². The summed E-state index contributed by atoms with van der Waals surface area (Å²) >= 11 is 0. The number of nitrogens with zero attached hydrogens (tertiary/aromatic N) is 6. The molecular weight excluding hydrogens is 470 g/mol. The number of piperidine rings is 1. The molecule has 2 amide bonds. The zero-order chi connectivity index (χ0) is 24.8. The third kappa shape index (κ3) is 3.86. The number of anilines is 2. The molecule has 3 aromatic heterocycles. The molecule has 3 aliphatic heterocycles. The summed E-state index contributed by atoms with van der Waals surface area (Å²) in [5.74, 6) is 0.862. The maximum Gasteiger partial charge on any atom is 0.416 e. The number of hydrogen-bond donors (Lipinski definition) is 1. The number of carbonyl (C=O) groups excluding carboxylic acids is 2. The van der Waals surface area contributed by atoms with Crippen LogP contribution in [0.2, 0.25) is 0 Å². The highest BCUT2D eigenvalue weighted by Gasteiger charge is 2.46. The SMILES string of the molecule is COc1ncc2ccc(=O)n(CCN3CC[C@@H]4[C@H](C3)OC(=O)N4c3ccc4c(n3)NC(=O)CO4)c2n1. The molecule has 0 spiro atoms. The molecule has 6 rings (SSSR count). The first-order valence-electron chi connectivity index (χ1n) is 11.6. The Morgan fingerprint density at radius 3 is 2.89 bits per heavy atom. The zero-order valence-corrected chi connectivity index (χ0v) is 19.4. The molecule has 13 heteroatoms. The second kappa shape index (κ2) is 8.75. The molecule has 2 fully saturated rings. The van der Waals surface area contributed by atoms with Crippen molar-refractivity contribution in [2.24, 2.45) is 0 Å². The molecule has 186 valence electrons. The van der Waals surface area contributed by atoms with Crippen LogP contribution in [0.25, 0.3) is 11.0 Å². The summed E-state index contributed by atoms with van der Waals surface area (Å²) in [4.78, 5) is 53.6. The Morgan fingerprint density at radius 2 is 2.03 bits per heavy atom. The van der Waals surface area contributed by atoms with E-state index >= 15 is 0 Å². The van der Waals surface area contributed by atoms with Gasteiger partial charge in [-0.25, -0.2) is 14.8 Å². The van der Waals surface area contributed by atoms with Crippen LogP contribution in [0.1, 0.15) is 6.42 Å². The molecule has 3 aliphatic rings. The van der Waals surface area contributed by atoms with Crippen molar-refractivity contribution in [3.63, 3.8) is 0 Å². The standard InChI is InChI=1S/C23H23N7O6/c1-34-22-24-10-13-2-5-19(32)29(21(13)27-22)9-8-28-7-6-14-16(11-28)36-23(33)30(14)17-4-3-15-20(25-17)26-18(31)12-35-15/h2-5,10,14,16H,6-9,11-12H2,1H3,(H,25,26,31)/t14-,16+/m1/s1. The first-order valence-corrected chi connectivity index (χ1v) is 11.6. The van der Waals surface area contributed by atoms with E-state index in [1.54, 1.807) is 33.9 Å². The highest BCUT2D eigenvalue weighted by atomic mass is 16.6. The number of carbonyl (C=O) groups is 2. The van der Waals surface area contributed by atoms with Crippen molar-refractivity contribution in [2.45, 2.75) is 25.1 Å². The molecule has 0 saturated carbocycles. The highest BCUT2D eigenvalue weighted by molar-refractivity contribution is 5.95. The molecule has 0 bridgehead atoms. The summed E-state index contributed by atoms with van der Waals surface area (Å²) in [6, 6.07) is 6.58. The summed E-state index contributed by atoms with van der Waals surface area (Å²) in [6.45, 7) is 2.15. The molecule has 0 unspecified atom stereocenters. The lowest BCUT2D eigenvalue weighted by Gasteiger charge is -2.35. The Hall–Kier alpha value is -4.26. The third-order valence-electron chi connectivity index (χ3n) is 6.62. The van der Waals surface area contributed by atoms with E-state index in [1.165, 1.54) is 13.2 Å². The fraction of sp³-hybridized carbons (Fsp3) is 0.391. The van der Waals surface area contributed by atoms with E-state index in [1.807, 2.05) is 0 Å². The second-order valence-corrected chi connectivity index (χ2v) is 8.76. The lowest BCUT2D eigenvalue weighted by molar-refractivity contribution is -0.118. The number of rotatable bonds is 5. The van der Waals surface area contributed by atoms with Crippen LogP contribution in [0.15, 0.2) is 35.3 Å². The average Bonchev–Trinajstić information content (AvgIpc) is 3.22. The summed E-state index contributed by atoms with van der Waals surface area (Å²) in [6.07, 6.45) is 1.47. The van der Waals surface area contributed by atoms with Gasteiger partial charge in [0, 0.05) is 43.8 Å². The molecule has 2 atom stereocenters. The topological polar surface area (TPSA) is 141 Å². The smallest absolute Gasteiger partial charge is 0.416 e. The predicted octanol–water partition coefficient (Wildman–Crippen LogP) is 0.626. The Labute approximate surface area is 204 Å². The molecule has 13 nitrogen and oxygen atoms in total. The Bertz CT molecular complexity index is 1430. The maximum atomic E-state index is 12.8. The Kier molecular flexibility index (Phi) is 5.40. The summed E-state index contributed by atoms with van der Waals surface area (Å²) in [5.41, 5.74) is 0.350. The zero-order valence-electron chi connectivity index (χ0n) is 19.4. The monoisotopic (exact) mass is 493 g/mol. The van der Waals surface area contributed by atoms with Crippen molar-refractivity contribution in [3.8, 4) is 11.8 Å². The fourth-order valence-electron chi connectivity index (χ4n) is 4.87. The number of nitrogens with one attached hydrogen (secondary N) is 1. The van der Waals surface area contributed by atoms with E-state index in [0.717, 1.165) is 5.39 Å². The van der Waals surface area contributed by atoms with Gasteiger partial charge in [0.05, 0.1) is 13.2 Å². The molecule has 2 saturated heterocycles. The maximum absolute atomic E-state index is 12.8. The van der Waals surface area contributed by atoms with E-state index in [4.69, 9.17) is 14.2 Å². The number of fused-ring (bicyclic) bond motifs is 3. The molecule has 6 heterocycles. The van der Waals surface area contributed by atoms with Gasteiger partial charge in [0.25, 0.3) is 11.5 Å². The van der Waals surface area contributed by atoms with Crippen molar-refractivity contribution in [3.05, 3.63) is 40.8 Å². The van der Waals surface area contributed by atoms with Crippen LogP contribution in [0, 0.1) is 0 Å². The lowest BCUT2D eigenvalue weighted by Crippen LogP contribution is -2.50. The van der Waals surface area contributed by atoms with Crippen molar-refractivity contribution in [1.29, 1.82) is 0 Å². The number of methoxy groups -OCH3 is 1. The van der Waals surface area contributed by atoms with Gasteiger partial charge in [0.1, 0.15) is 17.6 Å². The molecule has 1 N–H and O–H groups in total. The number of pyridine rings is 2. The van der Waals surface area contributed by atoms with Gasteiger partial charge >= 0.3 is 12.1 Å². The van der Waals surface area contributed by atoms with Crippen LogP contribution in [-0.4, -0.2) is 81.9 Å². The van der Waals surface area contributed by atoms with Gasteiger partial charge in [-0.3, -0.25) is 24.0 Å². The van der Waals surface area contributed by atoms with E-state index < -0.39 is 6.09 Å². The van der Waals surface area contributed by atoms with Gasteiger partial charge in [-0.05, 0) is 24.6 Å². The fourth-order valence-corrected chi connectivity index (χ4v) is 4.87. The lowest BCUT2D eigenvalue weighted by atomic mass is 10.0. The van der Waals surface area contributed by atoms with E-state index in [9.17, 15) is 14.4 Å². The van der Waals surface area contributed by atoms with Crippen LogP contribution in [-0.2, 0) is 16.1 Å². The largest absolute Gasteiger partial charge is 0.480 e.